The third-order valence-electron chi connectivity index (χ3n) is 2.85. The van der Waals surface area contributed by atoms with E-state index in [1.54, 1.807) is 6.20 Å². The summed E-state index contributed by atoms with van der Waals surface area (Å²) in [6.07, 6.45) is 1.76. The van der Waals surface area contributed by atoms with Crippen molar-refractivity contribution in [3.05, 3.63) is 53.3 Å². The van der Waals surface area contributed by atoms with E-state index in [9.17, 15) is 5.11 Å². The number of aromatic nitrogens is 2. The first-order chi connectivity index (χ1) is 8.22. The average Bonchev–Trinajstić information content (AvgIpc) is 2.73. The lowest BCUT2D eigenvalue weighted by molar-refractivity contribution is 0.279. The maximum absolute atomic E-state index is 9.29. The molecule has 0 atom stereocenters. The van der Waals surface area contributed by atoms with Crippen LogP contribution >= 0.6 is 0 Å². The second kappa shape index (κ2) is 5.15. The minimum Gasteiger partial charge on any atom is -0.392 e. The molecular weight excluding hydrogens is 212 g/mol. The molecule has 0 aliphatic heterocycles. The Labute approximate surface area is 102 Å². The van der Waals surface area contributed by atoms with Gasteiger partial charge in [-0.15, -0.1) is 0 Å². The van der Waals surface area contributed by atoms with Crippen LogP contribution in [0, 0.1) is 0 Å². The number of aliphatic hydroxyl groups is 1. The van der Waals surface area contributed by atoms with Crippen LogP contribution in [0.4, 0.5) is 0 Å². The van der Waals surface area contributed by atoms with E-state index in [1.807, 2.05) is 22.9 Å². The summed E-state index contributed by atoms with van der Waals surface area (Å²) in [6.45, 7) is 5.06. The Bertz CT molecular complexity index is 474. The van der Waals surface area contributed by atoms with Gasteiger partial charge in [0.15, 0.2) is 0 Å². The first-order valence-electron chi connectivity index (χ1n) is 5.91. The van der Waals surface area contributed by atoms with Crippen molar-refractivity contribution in [1.82, 2.24) is 9.78 Å². The Morgan fingerprint density at radius 2 is 1.94 bits per heavy atom. The molecule has 0 unspecified atom stereocenters. The van der Waals surface area contributed by atoms with Crippen LogP contribution in [0.3, 0.4) is 0 Å². The highest BCUT2D eigenvalue weighted by atomic mass is 16.3. The maximum Gasteiger partial charge on any atom is 0.0715 e. The maximum atomic E-state index is 9.29. The smallest absolute Gasteiger partial charge is 0.0715 e. The fourth-order valence-corrected chi connectivity index (χ4v) is 2.11. The molecule has 3 nitrogen and oxygen atoms in total. The van der Waals surface area contributed by atoms with Crippen molar-refractivity contribution >= 4 is 0 Å². The van der Waals surface area contributed by atoms with Crippen LogP contribution in [-0.4, -0.2) is 14.9 Å². The van der Waals surface area contributed by atoms with Gasteiger partial charge in [-0.25, -0.2) is 0 Å². The number of aliphatic hydroxyl groups excluding tert-OH is 1. The first kappa shape index (κ1) is 11.9. The van der Waals surface area contributed by atoms with Crippen molar-refractivity contribution in [3.8, 4) is 0 Å². The van der Waals surface area contributed by atoms with Gasteiger partial charge < -0.3 is 5.11 Å². The fraction of sp³-hybridized carbons (Fsp3) is 0.357. The summed E-state index contributed by atoms with van der Waals surface area (Å²) in [5.41, 5.74) is 3.27. The molecule has 0 spiro atoms. The number of hydrogen-bond acceptors (Lipinski definition) is 2. The van der Waals surface area contributed by atoms with E-state index in [4.69, 9.17) is 0 Å². The molecule has 0 saturated heterocycles. The summed E-state index contributed by atoms with van der Waals surface area (Å²) in [4.78, 5) is 0. The molecule has 1 N–H and O–H groups in total. The van der Waals surface area contributed by atoms with E-state index in [0.29, 0.717) is 5.92 Å². The highest BCUT2D eigenvalue weighted by molar-refractivity contribution is 5.22. The van der Waals surface area contributed by atoms with E-state index in [2.05, 4.69) is 31.1 Å². The minimum atomic E-state index is 0.0578. The molecule has 2 aromatic rings. The van der Waals surface area contributed by atoms with E-state index in [1.165, 1.54) is 5.56 Å². The second-order valence-electron chi connectivity index (χ2n) is 4.51. The lowest BCUT2D eigenvalue weighted by Crippen LogP contribution is -2.08. The van der Waals surface area contributed by atoms with Crippen molar-refractivity contribution in [2.24, 2.45) is 0 Å². The average molecular weight is 230 g/mol. The van der Waals surface area contributed by atoms with Crippen LogP contribution in [0.1, 0.15) is 36.6 Å². The Morgan fingerprint density at radius 1 is 1.24 bits per heavy atom. The molecule has 3 heteroatoms. The highest BCUT2D eigenvalue weighted by Gasteiger charge is 2.13. The Kier molecular flexibility index (Phi) is 3.59. The van der Waals surface area contributed by atoms with Gasteiger partial charge in [0, 0.05) is 11.3 Å². The highest BCUT2D eigenvalue weighted by Crippen LogP contribution is 2.20. The van der Waals surface area contributed by atoms with Gasteiger partial charge in [0.05, 0.1) is 19.3 Å². The summed E-state index contributed by atoms with van der Waals surface area (Å²) < 4.78 is 1.98. The summed E-state index contributed by atoms with van der Waals surface area (Å²) >= 11 is 0. The summed E-state index contributed by atoms with van der Waals surface area (Å²) in [5, 5.41) is 13.7. The topological polar surface area (TPSA) is 38.1 Å². The molecular formula is C14H18N2O. The van der Waals surface area contributed by atoms with Gasteiger partial charge in [0.2, 0.25) is 0 Å². The normalized spacial score (nSPS) is 11.1. The molecule has 1 heterocycles. The number of hydrogen-bond donors (Lipinski definition) is 1. The Balaban J connectivity index is 2.30. The van der Waals surface area contributed by atoms with Crippen LogP contribution in [0.5, 0.6) is 0 Å². The Morgan fingerprint density at radius 3 is 2.53 bits per heavy atom. The molecule has 0 aliphatic rings. The predicted molar refractivity (Wildman–Crippen MR) is 67.8 cm³/mol. The minimum absolute atomic E-state index is 0.0578. The van der Waals surface area contributed by atoms with Gasteiger partial charge in [-0.05, 0) is 11.5 Å². The van der Waals surface area contributed by atoms with E-state index >= 15 is 0 Å². The lowest BCUT2D eigenvalue weighted by atomic mass is 10.1. The molecule has 0 fully saturated rings. The van der Waals surface area contributed by atoms with Gasteiger partial charge in [-0.2, -0.15) is 5.10 Å². The largest absolute Gasteiger partial charge is 0.392 e. The standard InChI is InChI=1S/C14H18N2O/c1-11(2)14-13(10-17)8-15-16(14)9-12-6-4-3-5-7-12/h3-8,11,17H,9-10H2,1-2H3. The lowest BCUT2D eigenvalue weighted by Gasteiger charge is -2.12. The van der Waals surface area contributed by atoms with Crippen LogP contribution in [-0.2, 0) is 13.2 Å². The van der Waals surface area contributed by atoms with Crippen molar-refractivity contribution in [1.29, 1.82) is 0 Å². The van der Waals surface area contributed by atoms with Crippen LogP contribution in [0.25, 0.3) is 0 Å². The number of benzene rings is 1. The van der Waals surface area contributed by atoms with E-state index in [0.717, 1.165) is 17.8 Å². The molecule has 0 saturated carbocycles. The van der Waals surface area contributed by atoms with Gasteiger partial charge in [0.1, 0.15) is 0 Å². The van der Waals surface area contributed by atoms with E-state index < -0.39 is 0 Å². The molecule has 90 valence electrons. The second-order valence-corrected chi connectivity index (χ2v) is 4.51. The molecule has 1 aromatic carbocycles. The Hall–Kier alpha value is -1.61. The van der Waals surface area contributed by atoms with E-state index in [-0.39, 0.29) is 6.61 Å². The zero-order valence-corrected chi connectivity index (χ0v) is 10.3. The van der Waals surface area contributed by atoms with Crippen molar-refractivity contribution in [3.63, 3.8) is 0 Å². The van der Waals surface area contributed by atoms with Gasteiger partial charge in [0.25, 0.3) is 0 Å². The molecule has 0 amide bonds. The van der Waals surface area contributed by atoms with Crippen molar-refractivity contribution in [2.45, 2.75) is 32.9 Å². The summed E-state index contributed by atoms with van der Waals surface area (Å²) in [7, 11) is 0. The van der Waals surface area contributed by atoms with Crippen LogP contribution in [0.2, 0.25) is 0 Å². The van der Waals surface area contributed by atoms with Crippen LogP contribution < -0.4 is 0 Å². The number of nitrogens with zero attached hydrogens (tertiary/aromatic N) is 2. The molecule has 0 aliphatic carbocycles. The monoisotopic (exact) mass is 230 g/mol. The third-order valence-corrected chi connectivity index (χ3v) is 2.85. The SMILES string of the molecule is CC(C)c1c(CO)cnn1Cc1ccccc1. The summed E-state index contributed by atoms with van der Waals surface area (Å²) in [5.74, 6) is 0.364. The quantitative estimate of drug-likeness (QED) is 0.876. The van der Waals surface area contributed by atoms with Gasteiger partial charge >= 0.3 is 0 Å². The van der Waals surface area contributed by atoms with Gasteiger partial charge in [-0.1, -0.05) is 44.2 Å². The fourth-order valence-electron chi connectivity index (χ4n) is 2.11. The summed E-state index contributed by atoms with van der Waals surface area (Å²) in [6, 6.07) is 10.2. The molecule has 2 rings (SSSR count). The zero-order valence-electron chi connectivity index (χ0n) is 10.3. The van der Waals surface area contributed by atoms with Gasteiger partial charge in [-0.3, -0.25) is 4.68 Å². The molecule has 0 radical (unpaired) electrons. The first-order valence-corrected chi connectivity index (χ1v) is 5.91. The third kappa shape index (κ3) is 2.56. The van der Waals surface area contributed by atoms with Crippen LogP contribution in [0.15, 0.2) is 36.5 Å². The molecule has 1 aromatic heterocycles. The predicted octanol–water partition coefficient (Wildman–Crippen LogP) is 2.55. The zero-order chi connectivity index (χ0) is 12.3. The molecule has 0 bridgehead atoms. The van der Waals surface area contributed by atoms with Crippen molar-refractivity contribution in [2.75, 3.05) is 0 Å². The van der Waals surface area contributed by atoms with Crippen molar-refractivity contribution < 1.29 is 5.11 Å². The molecule has 17 heavy (non-hydrogen) atoms. The number of rotatable bonds is 4.